The molecule has 2 aromatic heterocycles. The van der Waals surface area contributed by atoms with Gasteiger partial charge in [0, 0.05) is 26.0 Å². The van der Waals surface area contributed by atoms with Gasteiger partial charge in [-0.1, -0.05) is 212 Å². The molecule has 76 heavy (non-hydrogen) atoms. The second kappa shape index (κ2) is 19.1. The number of fused-ring (bicyclic) bond motifs is 10. The highest BCUT2D eigenvalue weighted by Crippen LogP contribution is 2.46. The summed E-state index contributed by atoms with van der Waals surface area (Å²) in [6, 6.07) is 85.1. The Balaban J connectivity index is 0.000000114. The predicted octanol–water partition coefficient (Wildman–Crippen LogP) is 19.5. The molecule has 0 bridgehead atoms. The van der Waals surface area contributed by atoms with Crippen LogP contribution in [0.15, 0.2) is 256 Å². The van der Waals surface area contributed by atoms with E-state index in [4.69, 9.17) is 18.1 Å². The fraction of sp³-hybridized carbons (Fsp3) is 0.0857. The number of halogens is 1. The largest absolute Gasteiger partial charge is 0.494 e. The molecule has 1 fully saturated rings. The van der Waals surface area contributed by atoms with Crippen molar-refractivity contribution < 1.29 is 18.1 Å². The Morgan fingerprint density at radius 2 is 0.605 bits per heavy atom. The van der Waals surface area contributed by atoms with E-state index in [0.29, 0.717) is 0 Å². The molecule has 1 aliphatic rings. The normalized spacial score (nSPS) is 13.9. The minimum atomic E-state index is -0.344. The summed E-state index contributed by atoms with van der Waals surface area (Å²) in [5.41, 5.74) is 11.6. The van der Waals surface area contributed by atoms with Gasteiger partial charge in [0.25, 0.3) is 0 Å². The van der Waals surface area contributed by atoms with Crippen molar-refractivity contribution in [3.63, 3.8) is 0 Å². The van der Waals surface area contributed by atoms with Crippen molar-refractivity contribution in [2.45, 2.75) is 38.9 Å². The van der Waals surface area contributed by atoms with Crippen LogP contribution in [-0.4, -0.2) is 18.3 Å². The second-order valence-corrected chi connectivity index (χ2v) is 21.4. The summed E-state index contributed by atoms with van der Waals surface area (Å²) in [6.07, 6.45) is 0. The molecular formula is C70H52BBrO4. The first-order chi connectivity index (χ1) is 37.1. The van der Waals surface area contributed by atoms with E-state index in [1.54, 1.807) is 0 Å². The Labute approximate surface area is 450 Å². The summed E-state index contributed by atoms with van der Waals surface area (Å²) < 4.78 is 25.4. The molecule has 0 atom stereocenters. The molecule has 0 radical (unpaired) electrons. The van der Waals surface area contributed by atoms with E-state index in [2.05, 4.69) is 244 Å². The third kappa shape index (κ3) is 8.25. The van der Waals surface area contributed by atoms with E-state index >= 15 is 0 Å². The smallest absolute Gasteiger partial charge is 0.456 e. The van der Waals surface area contributed by atoms with Crippen molar-refractivity contribution in [2.24, 2.45) is 0 Å². The first-order valence-electron chi connectivity index (χ1n) is 25.9. The van der Waals surface area contributed by atoms with Crippen LogP contribution in [-0.2, 0) is 9.31 Å². The number of rotatable bonds is 4. The molecule has 12 aromatic carbocycles. The van der Waals surface area contributed by atoms with Gasteiger partial charge in [-0.2, -0.15) is 0 Å². The van der Waals surface area contributed by atoms with Gasteiger partial charge in [0.1, 0.15) is 22.3 Å². The van der Waals surface area contributed by atoms with Crippen molar-refractivity contribution in [2.75, 3.05) is 0 Å². The van der Waals surface area contributed by atoms with E-state index in [-0.39, 0.29) is 18.3 Å². The maximum atomic E-state index is 6.13. The fourth-order valence-electron chi connectivity index (χ4n) is 11.1. The van der Waals surface area contributed by atoms with Crippen LogP contribution in [0.5, 0.6) is 0 Å². The quantitative estimate of drug-likeness (QED) is 0.130. The Bertz CT molecular complexity index is 4370. The number of hydrogen-bond acceptors (Lipinski definition) is 4. The maximum absolute atomic E-state index is 6.13. The molecule has 6 heteroatoms. The maximum Gasteiger partial charge on any atom is 0.494 e. The van der Waals surface area contributed by atoms with Crippen LogP contribution in [0.2, 0.25) is 0 Å². The highest BCUT2D eigenvalue weighted by atomic mass is 79.9. The summed E-state index contributed by atoms with van der Waals surface area (Å²) in [4.78, 5) is 0. The Morgan fingerprint density at radius 3 is 1.04 bits per heavy atom. The molecule has 0 unspecified atom stereocenters. The van der Waals surface area contributed by atoms with Gasteiger partial charge in [-0.15, -0.1) is 0 Å². The Morgan fingerprint density at radius 1 is 0.289 bits per heavy atom. The molecule has 4 nitrogen and oxygen atoms in total. The molecule has 15 rings (SSSR count). The third-order valence-electron chi connectivity index (χ3n) is 15.5. The van der Waals surface area contributed by atoms with Crippen molar-refractivity contribution in [3.8, 4) is 33.4 Å². The van der Waals surface area contributed by atoms with E-state index in [0.717, 1.165) is 49.3 Å². The van der Waals surface area contributed by atoms with Gasteiger partial charge in [-0.3, -0.25) is 0 Å². The highest BCUT2D eigenvalue weighted by Gasteiger charge is 2.51. The molecule has 1 aliphatic heterocycles. The average Bonchev–Trinajstić information content (AvgIpc) is 4.18. The lowest BCUT2D eigenvalue weighted by Crippen LogP contribution is -2.41. The van der Waals surface area contributed by atoms with Crippen LogP contribution in [0.3, 0.4) is 0 Å². The molecule has 14 aromatic rings. The number of para-hydroxylation sites is 2. The van der Waals surface area contributed by atoms with Gasteiger partial charge in [0.15, 0.2) is 0 Å². The lowest BCUT2D eigenvalue weighted by atomic mass is 9.78. The molecular weight excluding hydrogens is 995 g/mol. The van der Waals surface area contributed by atoms with Crippen molar-refractivity contribution in [3.05, 3.63) is 247 Å². The van der Waals surface area contributed by atoms with E-state index in [1.807, 2.05) is 42.5 Å². The predicted molar refractivity (Wildman–Crippen MR) is 324 cm³/mol. The van der Waals surface area contributed by atoms with Crippen LogP contribution < -0.4 is 5.46 Å². The molecule has 366 valence electrons. The monoisotopic (exact) mass is 1050 g/mol. The van der Waals surface area contributed by atoms with Crippen molar-refractivity contribution in [1.29, 1.82) is 0 Å². The van der Waals surface area contributed by atoms with E-state index in [1.165, 1.54) is 80.9 Å². The molecule has 0 spiro atoms. The first kappa shape index (κ1) is 47.5. The molecule has 3 heterocycles. The van der Waals surface area contributed by atoms with Crippen LogP contribution >= 0.6 is 15.9 Å². The average molecular weight is 1050 g/mol. The van der Waals surface area contributed by atoms with Crippen LogP contribution in [0.25, 0.3) is 120 Å². The lowest BCUT2D eigenvalue weighted by molar-refractivity contribution is 0.00578. The Kier molecular flexibility index (Phi) is 12.0. The standard InChI is InChI=1S/C32H20O.C20H13Br.C18H19BO3/c1-2-10-21(11-3-1)31-24-13-4-6-15-26(24)32(27-16-7-5-14-25(27)31)22-18-19-30-28(20-22)23-12-8-9-17-29(23)33-30;21-20-17-12-6-4-10-15(17)19(14-8-2-1-3-9-14)16-11-5-7-13-18(16)20;1-17(2)18(3,4)22-19(21-17)12-9-10-16-14(11-12)13-7-5-6-8-15(13)20-16/h1-20H;1-13H;5-11H,1-4H3. The molecule has 0 saturated carbocycles. The van der Waals surface area contributed by atoms with Gasteiger partial charge >= 0.3 is 7.12 Å². The van der Waals surface area contributed by atoms with E-state index < -0.39 is 0 Å². The summed E-state index contributed by atoms with van der Waals surface area (Å²) in [6.45, 7) is 8.27. The fourth-order valence-corrected chi connectivity index (χ4v) is 11.8. The second-order valence-electron chi connectivity index (χ2n) is 20.6. The van der Waals surface area contributed by atoms with Crippen molar-refractivity contribution >= 4 is 115 Å². The highest BCUT2D eigenvalue weighted by molar-refractivity contribution is 9.10. The van der Waals surface area contributed by atoms with Crippen molar-refractivity contribution in [1.82, 2.24) is 0 Å². The summed E-state index contributed by atoms with van der Waals surface area (Å²) in [5, 5.41) is 14.7. The SMILES string of the molecule is Brc1c2ccccc2c(-c2ccccc2)c2ccccc12.CC1(C)OB(c2ccc3oc4ccccc4c3c2)OC1(C)C.c1ccc(-c2c3ccccc3c(-c3ccc4oc5ccccc5c4c3)c3ccccc23)cc1. The first-order valence-corrected chi connectivity index (χ1v) is 26.7. The summed E-state index contributed by atoms with van der Waals surface area (Å²) in [5.74, 6) is 0. The zero-order valence-corrected chi connectivity index (χ0v) is 44.3. The summed E-state index contributed by atoms with van der Waals surface area (Å²) >= 11 is 3.79. The van der Waals surface area contributed by atoms with Gasteiger partial charge in [0.05, 0.1) is 11.2 Å². The van der Waals surface area contributed by atoms with Crippen LogP contribution in [0.1, 0.15) is 27.7 Å². The number of furan rings is 2. The van der Waals surface area contributed by atoms with Crippen LogP contribution in [0, 0.1) is 0 Å². The summed E-state index contributed by atoms with van der Waals surface area (Å²) in [7, 11) is -0.344. The minimum absolute atomic E-state index is 0.328. The number of hydrogen-bond donors (Lipinski definition) is 0. The molecule has 0 aliphatic carbocycles. The molecule has 0 N–H and O–H groups in total. The molecule has 1 saturated heterocycles. The topological polar surface area (TPSA) is 44.7 Å². The van der Waals surface area contributed by atoms with Gasteiger partial charge in [-0.05, 0) is 156 Å². The zero-order chi connectivity index (χ0) is 51.5. The van der Waals surface area contributed by atoms with Gasteiger partial charge < -0.3 is 18.1 Å². The van der Waals surface area contributed by atoms with Gasteiger partial charge in [-0.25, -0.2) is 0 Å². The third-order valence-corrected chi connectivity index (χ3v) is 16.4. The van der Waals surface area contributed by atoms with Gasteiger partial charge in [0.2, 0.25) is 0 Å². The minimum Gasteiger partial charge on any atom is -0.456 e. The number of benzene rings is 12. The van der Waals surface area contributed by atoms with E-state index in [9.17, 15) is 0 Å². The molecule has 0 amide bonds. The van der Waals surface area contributed by atoms with Crippen LogP contribution in [0.4, 0.5) is 0 Å². The zero-order valence-electron chi connectivity index (χ0n) is 42.7. The lowest BCUT2D eigenvalue weighted by Gasteiger charge is -2.32. The Hall–Kier alpha value is -8.26.